The molecule has 0 saturated carbocycles. The molecule has 0 aliphatic rings. The molecule has 0 aromatic carbocycles. The van der Waals surface area contributed by atoms with E-state index in [1.807, 2.05) is 0 Å². The third-order valence-corrected chi connectivity index (χ3v) is 2.48. The fraction of sp³-hybridized carbons (Fsp3) is 0.182. The van der Waals surface area contributed by atoms with E-state index in [1.165, 1.54) is 19.2 Å². The van der Waals surface area contributed by atoms with Gasteiger partial charge in [0, 0.05) is 6.07 Å². The van der Waals surface area contributed by atoms with Crippen LogP contribution in [0.15, 0.2) is 24.5 Å². The Bertz CT molecular complexity index is 634. The first-order valence-electron chi connectivity index (χ1n) is 5.30. The summed E-state index contributed by atoms with van der Waals surface area (Å²) in [6.07, 6.45) is -2.86. The maximum absolute atomic E-state index is 13.0. The predicted octanol–water partition coefficient (Wildman–Crippen LogP) is 1.39. The molecule has 106 valence electrons. The number of carbonyl (C=O) groups is 1. The van der Waals surface area contributed by atoms with E-state index >= 15 is 0 Å². The highest BCUT2D eigenvalue weighted by Crippen LogP contribution is 2.33. The van der Waals surface area contributed by atoms with Crippen molar-refractivity contribution in [3.05, 3.63) is 35.8 Å². The number of rotatable bonds is 3. The molecule has 2 heterocycles. The molecule has 2 N–H and O–H groups in total. The number of carbonyl (C=O) groups excluding carboxylic acids is 1. The minimum Gasteiger partial charge on any atom is -0.481 e. The summed E-state index contributed by atoms with van der Waals surface area (Å²) in [6.45, 7) is 0. The van der Waals surface area contributed by atoms with Crippen LogP contribution in [0.4, 0.5) is 13.2 Å². The summed E-state index contributed by atoms with van der Waals surface area (Å²) in [5, 5.41) is 3.54. The molecule has 0 saturated heterocycles. The molecule has 20 heavy (non-hydrogen) atoms. The van der Waals surface area contributed by atoms with Crippen molar-refractivity contribution >= 4 is 5.91 Å². The number of pyridine rings is 1. The first-order chi connectivity index (χ1) is 9.34. The average molecular weight is 286 g/mol. The van der Waals surface area contributed by atoms with Gasteiger partial charge in [0.05, 0.1) is 30.8 Å². The average Bonchev–Trinajstić information content (AvgIpc) is 2.83. The van der Waals surface area contributed by atoms with Gasteiger partial charge in [-0.3, -0.25) is 4.79 Å². The molecule has 2 aromatic heterocycles. The minimum atomic E-state index is -4.78. The first-order valence-corrected chi connectivity index (χ1v) is 5.30. The highest BCUT2D eigenvalue weighted by Gasteiger charge is 2.40. The quantitative estimate of drug-likeness (QED) is 0.924. The number of nitrogens with zero attached hydrogens (tertiary/aromatic N) is 3. The zero-order valence-corrected chi connectivity index (χ0v) is 10.2. The molecule has 0 bridgehead atoms. The summed E-state index contributed by atoms with van der Waals surface area (Å²) in [4.78, 5) is 14.8. The molecule has 0 atom stereocenters. The lowest BCUT2D eigenvalue weighted by atomic mass is 10.2. The Labute approximate surface area is 111 Å². The molecule has 6 nitrogen and oxygen atoms in total. The van der Waals surface area contributed by atoms with E-state index in [0.29, 0.717) is 4.68 Å². The summed E-state index contributed by atoms with van der Waals surface area (Å²) in [5.74, 6) is -0.963. The van der Waals surface area contributed by atoms with Crippen LogP contribution in [-0.4, -0.2) is 27.8 Å². The molecule has 0 aliphatic carbocycles. The fourth-order valence-electron chi connectivity index (χ4n) is 1.62. The summed E-state index contributed by atoms with van der Waals surface area (Å²) in [6, 6.07) is 2.71. The van der Waals surface area contributed by atoms with Crippen LogP contribution >= 0.6 is 0 Å². The highest BCUT2D eigenvalue weighted by molar-refractivity contribution is 5.94. The van der Waals surface area contributed by atoms with Crippen LogP contribution in [0.3, 0.4) is 0 Å². The minimum absolute atomic E-state index is 0.0330. The van der Waals surface area contributed by atoms with Crippen molar-refractivity contribution in [2.75, 3.05) is 7.11 Å². The Balaban J connectivity index is 2.59. The van der Waals surface area contributed by atoms with Gasteiger partial charge in [0.2, 0.25) is 5.88 Å². The Morgan fingerprint density at radius 3 is 2.50 bits per heavy atom. The number of amides is 1. The smallest absolute Gasteiger partial charge is 0.434 e. The van der Waals surface area contributed by atoms with E-state index in [9.17, 15) is 18.0 Å². The van der Waals surface area contributed by atoms with Crippen LogP contribution in [0.1, 0.15) is 16.1 Å². The van der Waals surface area contributed by atoms with Gasteiger partial charge in [-0.15, -0.1) is 0 Å². The molecule has 9 heteroatoms. The summed E-state index contributed by atoms with van der Waals surface area (Å²) in [7, 11) is 1.38. The standard InChI is InChI=1S/C11H9F3N4O2/c1-20-8-3-2-6(4-16-8)18-9(11(12,13)14)7(5-17-18)10(15)19/h2-5H,1H3,(H2,15,19). The highest BCUT2D eigenvalue weighted by atomic mass is 19.4. The number of hydrogen-bond donors (Lipinski definition) is 1. The topological polar surface area (TPSA) is 83.0 Å². The second kappa shape index (κ2) is 4.83. The lowest BCUT2D eigenvalue weighted by Gasteiger charge is -2.11. The lowest BCUT2D eigenvalue weighted by Crippen LogP contribution is -2.20. The fourth-order valence-corrected chi connectivity index (χ4v) is 1.62. The Kier molecular flexibility index (Phi) is 3.35. The van der Waals surface area contributed by atoms with Crippen LogP contribution in [0.2, 0.25) is 0 Å². The number of hydrogen-bond acceptors (Lipinski definition) is 4. The van der Waals surface area contributed by atoms with E-state index in [-0.39, 0.29) is 11.6 Å². The van der Waals surface area contributed by atoms with E-state index in [1.54, 1.807) is 0 Å². The van der Waals surface area contributed by atoms with Crippen molar-refractivity contribution in [2.24, 2.45) is 5.73 Å². The van der Waals surface area contributed by atoms with E-state index in [4.69, 9.17) is 10.5 Å². The van der Waals surface area contributed by atoms with E-state index in [2.05, 4.69) is 10.1 Å². The molecule has 2 aromatic rings. The number of ether oxygens (including phenoxy) is 1. The second-order valence-corrected chi connectivity index (χ2v) is 3.74. The van der Waals surface area contributed by atoms with Gasteiger partial charge in [0.25, 0.3) is 5.91 Å². The van der Waals surface area contributed by atoms with Crippen LogP contribution in [0.5, 0.6) is 5.88 Å². The first kappa shape index (κ1) is 13.8. The maximum Gasteiger partial charge on any atom is 0.434 e. The zero-order valence-electron chi connectivity index (χ0n) is 10.2. The van der Waals surface area contributed by atoms with Crippen LogP contribution in [0.25, 0.3) is 5.69 Å². The molecule has 0 unspecified atom stereocenters. The van der Waals surface area contributed by atoms with Gasteiger partial charge in [0.1, 0.15) is 0 Å². The van der Waals surface area contributed by atoms with Gasteiger partial charge in [0.15, 0.2) is 5.69 Å². The number of primary amides is 1. The van der Waals surface area contributed by atoms with Crippen molar-refractivity contribution in [1.29, 1.82) is 0 Å². The molecular formula is C11H9F3N4O2. The van der Waals surface area contributed by atoms with Crippen molar-refractivity contribution < 1.29 is 22.7 Å². The largest absolute Gasteiger partial charge is 0.481 e. The number of aromatic nitrogens is 3. The molecule has 2 rings (SSSR count). The molecule has 0 spiro atoms. The number of methoxy groups -OCH3 is 1. The summed E-state index contributed by atoms with van der Waals surface area (Å²) >= 11 is 0. The Morgan fingerprint density at radius 2 is 2.05 bits per heavy atom. The molecule has 0 aliphatic heterocycles. The summed E-state index contributed by atoms with van der Waals surface area (Å²) in [5.41, 5.74) is 3.01. The van der Waals surface area contributed by atoms with Gasteiger partial charge in [-0.25, -0.2) is 9.67 Å². The van der Waals surface area contributed by atoms with Gasteiger partial charge >= 0.3 is 6.18 Å². The molecular weight excluding hydrogens is 277 g/mol. The Hall–Kier alpha value is -2.58. The second-order valence-electron chi connectivity index (χ2n) is 3.74. The van der Waals surface area contributed by atoms with Crippen LogP contribution in [-0.2, 0) is 6.18 Å². The van der Waals surface area contributed by atoms with E-state index in [0.717, 1.165) is 12.4 Å². The zero-order chi connectivity index (χ0) is 14.9. The van der Waals surface area contributed by atoms with Crippen LogP contribution in [0, 0.1) is 0 Å². The van der Waals surface area contributed by atoms with Crippen molar-refractivity contribution in [1.82, 2.24) is 14.8 Å². The van der Waals surface area contributed by atoms with E-state index < -0.39 is 23.3 Å². The predicted molar refractivity (Wildman–Crippen MR) is 61.4 cm³/mol. The molecule has 1 amide bonds. The van der Waals surface area contributed by atoms with Gasteiger partial charge < -0.3 is 10.5 Å². The third kappa shape index (κ3) is 2.42. The number of alkyl halides is 3. The van der Waals surface area contributed by atoms with Crippen LogP contribution < -0.4 is 10.5 Å². The van der Waals surface area contributed by atoms with Crippen molar-refractivity contribution in [3.63, 3.8) is 0 Å². The number of halogens is 3. The van der Waals surface area contributed by atoms with Gasteiger partial charge in [-0.1, -0.05) is 0 Å². The molecule has 0 radical (unpaired) electrons. The Morgan fingerprint density at radius 1 is 1.35 bits per heavy atom. The van der Waals surface area contributed by atoms with Crippen molar-refractivity contribution in [2.45, 2.75) is 6.18 Å². The van der Waals surface area contributed by atoms with Gasteiger partial charge in [-0.05, 0) is 6.07 Å². The maximum atomic E-state index is 13.0. The SMILES string of the molecule is COc1ccc(-n2ncc(C(N)=O)c2C(F)(F)F)cn1. The molecule has 0 fully saturated rings. The van der Waals surface area contributed by atoms with Crippen molar-refractivity contribution in [3.8, 4) is 11.6 Å². The lowest BCUT2D eigenvalue weighted by molar-refractivity contribution is -0.143. The summed E-state index contributed by atoms with van der Waals surface area (Å²) < 4.78 is 44.4. The normalized spacial score (nSPS) is 11.4. The number of nitrogens with two attached hydrogens (primary N) is 1. The van der Waals surface area contributed by atoms with Gasteiger partial charge in [-0.2, -0.15) is 18.3 Å². The third-order valence-electron chi connectivity index (χ3n) is 2.48. The monoisotopic (exact) mass is 286 g/mol.